The molecule has 0 aliphatic rings. The van der Waals surface area contributed by atoms with Gasteiger partial charge in [-0.3, -0.25) is 0 Å². The van der Waals surface area contributed by atoms with Crippen LogP contribution in [-0.2, 0) is 6.54 Å². The van der Waals surface area contributed by atoms with E-state index in [4.69, 9.17) is 5.11 Å². The van der Waals surface area contributed by atoms with Crippen molar-refractivity contribution in [2.45, 2.75) is 19.5 Å². The van der Waals surface area contributed by atoms with Gasteiger partial charge >= 0.3 is 5.97 Å². The molecule has 1 atom stereocenters. The third kappa shape index (κ3) is 3.57. The number of imidazole rings is 1. The van der Waals surface area contributed by atoms with Crippen LogP contribution in [0.3, 0.4) is 0 Å². The summed E-state index contributed by atoms with van der Waals surface area (Å²) in [6, 6.07) is 5.32. The number of aromatic carboxylic acids is 1. The molecular formula is C13H14BrN3O2. The zero-order valence-corrected chi connectivity index (χ0v) is 12.0. The first-order valence-electron chi connectivity index (χ1n) is 5.81. The standard InChI is InChI=1S/C13H14BrN3O2/c1-9(7-17-5-4-15-8-17)16-10-2-3-11(13(18)19)12(14)6-10/h2-6,8-9,16H,7H2,1H3,(H,18,19). The van der Waals surface area contributed by atoms with E-state index in [0.29, 0.717) is 4.47 Å². The summed E-state index contributed by atoms with van der Waals surface area (Å²) >= 11 is 3.26. The lowest BCUT2D eigenvalue weighted by Gasteiger charge is -2.16. The quantitative estimate of drug-likeness (QED) is 0.887. The average Bonchev–Trinajstić information content (AvgIpc) is 2.81. The fraction of sp³-hybridized carbons (Fsp3) is 0.231. The van der Waals surface area contributed by atoms with E-state index in [-0.39, 0.29) is 11.6 Å². The SMILES string of the molecule is CC(Cn1ccnc1)Nc1ccc(C(=O)O)c(Br)c1. The first-order valence-corrected chi connectivity index (χ1v) is 6.60. The number of benzene rings is 1. The molecule has 1 aromatic heterocycles. The Balaban J connectivity index is 2.03. The molecule has 0 saturated carbocycles. The van der Waals surface area contributed by atoms with E-state index >= 15 is 0 Å². The number of anilines is 1. The number of hydrogen-bond acceptors (Lipinski definition) is 3. The number of carboxylic acid groups (broad SMARTS) is 1. The van der Waals surface area contributed by atoms with Gasteiger partial charge in [0.25, 0.3) is 0 Å². The molecule has 0 bridgehead atoms. The van der Waals surface area contributed by atoms with Crippen molar-refractivity contribution >= 4 is 27.6 Å². The molecule has 5 nitrogen and oxygen atoms in total. The zero-order chi connectivity index (χ0) is 13.8. The Bertz CT molecular complexity index is 569. The van der Waals surface area contributed by atoms with Crippen LogP contribution in [0, 0.1) is 0 Å². The minimum absolute atomic E-state index is 0.205. The normalized spacial score (nSPS) is 12.1. The molecule has 2 N–H and O–H groups in total. The van der Waals surface area contributed by atoms with Crippen LogP contribution in [0.15, 0.2) is 41.4 Å². The molecule has 0 spiro atoms. The van der Waals surface area contributed by atoms with Gasteiger partial charge in [-0.25, -0.2) is 9.78 Å². The fourth-order valence-electron chi connectivity index (χ4n) is 1.82. The second-order valence-corrected chi connectivity index (χ2v) is 5.16. The highest BCUT2D eigenvalue weighted by Crippen LogP contribution is 2.22. The van der Waals surface area contributed by atoms with Gasteiger partial charge in [-0.05, 0) is 41.1 Å². The van der Waals surface area contributed by atoms with Crippen LogP contribution in [0.5, 0.6) is 0 Å². The van der Waals surface area contributed by atoms with Gasteiger partial charge in [-0.1, -0.05) is 0 Å². The lowest BCUT2D eigenvalue weighted by molar-refractivity contribution is 0.0696. The Hall–Kier alpha value is -1.82. The number of carbonyl (C=O) groups is 1. The molecule has 2 rings (SSSR count). The largest absolute Gasteiger partial charge is 0.478 e. The molecule has 2 aromatic rings. The summed E-state index contributed by atoms with van der Waals surface area (Å²) in [5.74, 6) is -0.940. The summed E-state index contributed by atoms with van der Waals surface area (Å²) in [5, 5.41) is 12.3. The number of nitrogens with zero attached hydrogens (tertiary/aromatic N) is 2. The van der Waals surface area contributed by atoms with Gasteiger partial charge in [0.05, 0.1) is 11.9 Å². The first kappa shape index (κ1) is 13.6. The highest BCUT2D eigenvalue weighted by Gasteiger charge is 2.09. The number of halogens is 1. The molecule has 0 radical (unpaired) electrons. The molecule has 0 fully saturated rings. The maximum absolute atomic E-state index is 10.9. The molecule has 0 saturated heterocycles. The maximum Gasteiger partial charge on any atom is 0.336 e. The van der Waals surface area contributed by atoms with Gasteiger partial charge in [-0.2, -0.15) is 0 Å². The van der Waals surface area contributed by atoms with Crippen LogP contribution in [0.25, 0.3) is 0 Å². The summed E-state index contributed by atoms with van der Waals surface area (Å²) in [6.07, 6.45) is 5.41. The number of carboxylic acids is 1. The Kier molecular flexibility index (Phi) is 4.21. The fourth-order valence-corrected chi connectivity index (χ4v) is 2.37. The molecule has 1 aromatic carbocycles. The number of rotatable bonds is 5. The number of nitrogens with one attached hydrogen (secondary N) is 1. The molecule has 100 valence electrons. The van der Waals surface area contributed by atoms with Crippen molar-refractivity contribution in [2.75, 3.05) is 5.32 Å². The summed E-state index contributed by atoms with van der Waals surface area (Å²) < 4.78 is 2.55. The van der Waals surface area contributed by atoms with Gasteiger partial charge in [0, 0.05) is 35.1 Å². The molecule has 6 heteroatoms. The van der Waals surface area contributed by atoms with E-state index in [1.165, 1.54) is 0 Å². The van der Waals surface area contributed by atoms with E-state index in [1.54, 1.807) is 30.7 Å². The minimum Gasteiger partial charge on any atom is -0.478 e. The van der Waals surface area contributed by atoms with Gasteiger partial charge in [0.2, 0.25) is 0 Å². The molecule has 19 heavy (non-hydrogen) atoms. The molecule has 0 aliphatic carbocycles. The third-order valence-corrected chi connectivity index (χ3v) is 3.31. The van der Waals surface area contributed by atoms with E-state index < -0.39 is 5.97 Å². The monoisotopic (exact) mass is 323 g/mol. The lowest BCUT2D eigenvalue weighted by Crippen LogP contribution is -2.21. The van der Waals surface area contributed by atoms with Crippen LogP contribution in [0.1, 0.15) is 17.3 Å². The van der Waals surface area contributed by atoms with Gasteiger partial charge in [0.15, 0.2) is 0 Å². The topological polar surface area (TPSA) is 67.2 Å². The van der Waals surface area contributed by atoms with Gasteiger partial charge in [-0.15, -0.1) is 0 Å². The Morgan fingerprint density at radius 3 is 2.95 bits per heavy atom. The van der Waals surface area contributed by atoms with E-state index in [2.05, 4.69) is 33.2 Å². The maximum atomic E-state index is 10.9. The minimum atomic E-state index is -0.940. The van der Waals surface area contributed by atoms with Gasteiger partial charge < -0.3 is 15.0 Å². The molecule has 0 amide bonds. The average molecular weight is 324 g/mol. The first-order chi connectivity index (χ1) is 9.06. The molecule has 0 aliphatic heterocycles. The van der Waals surface area contributed by atoms with Crippen LogP contribution in [0.4, 0.5) is 5.69 Å². The number of hydrogen-bond donors (Lipinski definition) is 2. The zero-order valence-electron chi connectivity index (χ0n) is 10.4. The van der Waals surface area contributed by atoms with Crippen LogP contribution >= 0.6 is 15.9 Å². The summed E-state index contributed by atoms with van der Waals surface area (Å²) in [5.41, 5.74) is 1.14. The predicted molar refractivity (Wildman–Crippen MR) is 76.4 cm³/mol. The van der Waals surface area contributed by atoms with Crippen molar-refractivity contribution < 1.29 is 9.90 Å². The highest BCUT2D eigenvalue weighted by molar-refractivity contribution is 9.10. The van der Waals surface area contributed by atoms with Gasteiger partial charge in [0.1, 0.15) is 0 Å². The van der Waals surface area contributed by atoms with Crippen molar-refractivity contribution in [3.8, 4) is 0 Å². The third-order valence-electron chi connectivity index (χ3n) is 2.66. The molecule has 1 heterocycles. The van der Waals surface area contributed by atoms with Crippen molar-refractivity contribution in [2.24, 2.45) is 0 Å². The second-order valence-electron chi connectivity index (χ2n) is 4.30. The Morgan fingerprint density at radius 1 is 1.58 bits per heavy atom. The van der Waals surface area contributed by atoms with Crippen LogP contribution < -0.4 is 5.32 Å². The van der Waals surface area contributed by atoms with E-state index in [0.717, 1.165) is 12.2 Å². The smallest absolute Gasteiger partial charge is 0.336 e. The Labute approximate surface area is 119 Å². The second kappa shape index (κ2) is 5.88. The predicted octanol–water partition coefficient (Wildman–Crippen LogP) is 2.84. The van der Waals surface area contributed by atoms with Crippen molar-refractivity contribution in [1.29, 1.82) is 0 Å². The van der Waals surface area contributed by atoms with E-state index in [1.807, 2.05) is 10.8 Å². The van der Waals surface area contributed by atoms with E-state index in [9.17, 15) is 4.79 Å². The Morgan fingerprint density at radius 2 is 2.37 bits per heavy atom. The summed E-state index contributed by atoms with van der Waals surface area (Å²) in [7, 11) is 0. The molecule has 1 unspecified atom stereocenters. The van der Waals surface area contributed by atoms with Crippen molar-refractivity contribution in [1.82, 2.24) is 9.55 Å². The summed E-state index contributed by atoms with van der Waals surface area (Å²) in [4.78, 5) is 14.9. The number of aromatic nitrogens is 2. The van der Waals surface area contributed by atoms with Crippen LogP contribution in [0.2, 0.25) is 0 Å². The van der Waals surface area contributed by atoms with Crippen molar-refractivity contribution in [3.05, 3.63) is 47.0 Å². The van der Waals surface area contributed by atoms with Crippen molar-refractivity contribution in [3.63, 3.8) is 0 Å². The highest BCUT2D eigenvalue weighted by atomic mass is 79.9. The summed E-state index contributed by atoms with van der Waals surface area (Å²) in [6.45, 7) is 2.84. The van der Waals surface area contributed by atoms with Crippen LogP contribution in [-0.4, -0.2) is 26.7 Å². The molecular weight excluding hydrogens is 310 g/mol. The lowest BCUT2D eigenvalue weighted by atomic mass is 10.2.